The number of amides is 1. The number of carbonyl (C=O) groups is 1. The molecule has 1 atom stereocenters. The zero-order valence-electron chi connectivity index (χ0n) is 10.3. The molecule has 0 saturated carbocycles. The van der Waals surface area contributed by atoms with Gasteiger partial charge in [0.1, 0.15) is 0 Å². The van der Waals surface area contributed by atoms with Crippen LogP contribution in [0.15, 0.2) is 18.2 Å². The van der Waals surface area contributed by atoms with Crippen molar-refractivity contribution < 1.29 is 14.3 Å². The van der Waals surface area contributed by atoms with E-state index in [4.69, 9.17) is 15.2 Å². The highest BCUT2D eigenvalue weighted by atomic mass is 16.5. The number of ether oxygens (including phenoxy) is 2. The first-order valence-electron chi connectivity index (χ1n) is 5.40. The Balaban J connectivity index is 2.82. The van der Waals surface area contributed by atoms with E-state index >= 15 is 0 Å². The van der Waals surface area contributed by atoms with Crippen molar-refractivity contribution in [2.75, 3.05) is 19.5 Å². The van der Waals surface area contributed by atoms with Gasteiger partial charge in [0.15, 0.2) is 11.5 Å². The van der Waals surface area contributed by atoms with Crippen LogP contribution in [0, 0.1) is 0 Å². The lowest BCUT2D eigenvalue weighted by molar-refractivity contribution is -0.117. The standard InChI is InChI=1S/C12H18N2O3/c1-4-9(13)12(15)14-8-5-6-10(16-2)11(7-8)17-3/h5-7,9H,4,13H2,1-3H3,(H,14,15). The lowest BCUT2D eigenvalue weighted by Gasteiger charge is -2.12. The van der Waals surface area contributed by atoms with Gasteiger partial charge in [0.25, 0.3) is 0 Å². The first kappa shape index (κ1) is 13.3. The van der Waals surface area contributed by atoms with Gasteiger partial charge in [0.2, 0.25) is 5.91 Å². The molecule has 5 heteroatoms. The number of rotatable bonds is 5. The van der Waals surface area contributed by atoms with Crippen LogP contribution in [0.5, 0.6) is 11.5 Å². The predicted octanol–water partition coefficient (Wildman–Crippen LogP) is 1.38. The first-order valence-corrected chi connectivity index (χ1v) is 5.40. The third-order valence-corrected chi connectivity index (χ3v) is 2.43. The van der Waals surface area contributed by atoms with Crippen LogP contribution >= 0.6 is 0 Å². The Labute approximate surface area is 101 Å². The Hall–Kier alpha value is -1.75. The Bertz CT molecular complexity index is 393. The van der Waals surface area contributed by atoms with Crippen molar-refractivity contribution >= 4 is 11.6 Å². The number of benzene rings is 1. The van der Waals surface area contributed by atoms with Gasteiger partial charge in [-0.25, -0.2) is 0 Å². The lowest BCUT2D eigenvalue weighted by atomic mass is 10.2. The second-order valence-electron chi connectivity index (χ2n) is 3.57. The lowest BCUT2D eigenvalue weighted by Crippen LogP contribution is -2.34. The van der Waals surface area contributed by atoms with Crippen LogP contribution in [0.2, 0.25) is 0 Å². The minimum absolute atomic E-state index is 0.209. The molecule has 0 fully saturated rings. The second kappa shape index (κ2) is 6.10. The van der Waals surface area contributed by atoms with Crippen LogP contribution in [0.25, 0.3) is 0 Å². The van der Waals surface area contributed by atoms with Gasteiger partial charge < -0.3 is 20.5 Å². The van der Waals surface area contributed by atoms with Crippen molar-refractivity contribution in [3.63, 3.8) is 0 Å². The molecule has 0 spiro atoms. The maximum Gasteiger partial charge on any atom is 0.241 e. The Morgan fingerprint density at radius 1 is 1.35 bits per heavy atom. The molecule has 0 saturated heterocycles. The number of hydrogen-bond acceptors (Lipinski definition) is 4. The molecule has 1 aromatic rings. The van der Waals surface area contributed by atoms with Crippen molar-refractivity contribution in [2.24, 2.45) is 5.73 Å². The van der Waals surface area contributed by atoms with Crippen molar-refractivity contribution in [2.45, 2.75) is 19.4 Å². The molecule has 1 rings (SSSR count). The zero-order chi connectivity index (χ0) is 12.8. The molecule has 1 aromatic carbocycles. The van der Waals surface area contributed by atoms with Gasteiger partial charge in [-0.1, -0.05) is 6.92 Å². The topological polar surface area (TPSA) is 73.6 Å². The van der Waals surface area contributed by atoms with E-state index in [2.05, 4.69) is 5.32 Å². The van der Waals surface area contributed by atoms with Crippen molar-refractivity contribution in [1.29, 1.82) is 0 Å². The van der Waals surface area contributed by atoms with Gasteiger partial charge in [-0.2, -0.15) is 0 Å². The third kappa shape index (κ3) is 3.35. The molecule has 0 heterocycles. The van der Waals surface area contributed by atoms with E-state index < -0.39 is 6.04 Å². The smallest absolute Gasteiger partial charge is 0.241 e. The zero-order valence-corrected chi connectivity index (χ0v) is 10.3. The molecule has 94 valence electrons. The summed E-state index contributed by atoms with van der Waals surface area (Å²) in [4.78, 5) is 11.6. The van der Waals surface area contributed by atoms with Crippen molar-refractivity contribution in [1.82, 2.24) is 0 Å². The Morgan fingerprint density at radius 2 is 2.00 bits per heavy atom. The molecule has 0 bridgehead atoms. The summed E-state index contributed by atoms with van der Waals surface area (Å²) in [6.07, 6.45) is 0.596. The molecular formula is C12H18N2O3. The molecule has 0 aliphatic carbocycles. The molecule has 0 radical (unpaired) electrons. The summed E-state index contributed by atoms with van der Waals surface area (Å²) >= 11 is 0. The molecule has 0 aromatic heterocycles. The molecule has 1 unspecified atom stereocenters. The SMILES string of the molecule is CCC(N)C(=O)Nc1ccc(OC)c(OC)c1. The van der Waals surface area contributed by atoms with E-state index in [-0.39, 0.29) is 5.91 Å². The normalized spacial score (nSPS) is 11.8. The molecule has 1 amide bonds. The summed E-state index contributed by atoms with van der Waals surface area (Å²) < 4.78 is 10.2. The summed E-state index contributed by atoms with van der Waals surface area (Å²) in [5.41, 5.74) is 6.26. The maximum atomic E-state index is 11.6. The fraction of sp³-hybridized carbons (Fsp3) is 0.417. The van der Waals surface area contributed by atoms with Crippen LogP contribution < -0.4 is 20.5 Å². The van der Waals surface area contributed by atoms with Crippen LogP contribution in [0.1, 0.15) is 13.3 Å². The van der Waals surface area contributed by atoms with Crippen molar-refractivity contribution in [3.05, 3.63) is 18.2 Å². The second-order valence-corrected chi connectivity index (χ2v) is 3.57. The first-order chi connectivity index (χ1) is 8.12. The molecule has 0 aliphatic rings. The van der Waals surface area contributed by atoms with Gasteiger partial charge in [-0.05, 0) is 18.6 Å². The summed E-state index contributed by atoms with van der Waals surface area (Å²) in [5.74, 6) is 0.973. The highest BCUT2D eigenvalue weighted by Gasteiger charge is 2.12. The summed E-state index contributed by atoms with van der Waals surface area (Å²) in [6.45, 7) is 1.86. The minimum Gasteiger partial charge on any atom is -0.493 e. The van der Waals surface area contributed by atoms with Gasteiger partial charge in [-0.15, -0.1) is 0 Å². The van der Waals surface area contributed by atoms with Crippen LogP contribution in [0.4, 0.5) is 5.69 Å². The van der Waals surface area contributed by atoms with Crippen LogP contribution in [-0.2, 0) is 4.79 Å². The van der Waals surface area contributed by atoms with E-state index in [0.29, 0.717) is 23.6 Å². The number of nitrogens with one attached hydrogen (secondary N) is 1. The summed E-state index contributed by atoms with van der Waals surface area (Å²) in [7, 11) is 3.10. The van der Waals surface area contributed by atoms with E-state index in [0.717, 1.165) is 0 Å². The molecule has 5 nitrogen and oxygen atoms in total. The van der Waals surface area contributed by atoms with Crippen molar-refractivity contribution in [3.8, 4) is 11.5 Å². The predicted molar refractivity (Wildman–Crippen MR) is 66.4 cm³/mol. The van der Waals surface area contributed by atoms with Gasteiger partial charge in [-0.3, -0.25) is 4.79 Å². The summed E-state index contributed by atoms with van der Waals surface area (Å²) in [6, 6.07) is 4.66. The maximum absolute atomic E-state index is 11.6. The van der Waals surface area contributed by atoms with E-state index in [1.807, 2.05) is 6.92 Å². The summed E-state index contributed by atoms with van der Waals surface area (Å²) in [5, 5.41) is 2.72. The molecular weight excluding hydrogens is 220 g/mol. The number of carbonyl (C=O) groups excluding carboxylic acids is 1. The van der Waals surface area contributed by atoms with E-state index in [9.17, 15) is 4.79 Å². The Morgan fingerprint density at radius 3 is 2.53 bits per heavy atom. The number of anilines is 1. The highest BCUT2D eigenvalue weighted by molar-refractivity contribution is 5.94. The minimum atomic E-state index is -0.497. The number of nitrogens with two attached hydrogens (primary N) is 1. The third-order valence-electron chi connectivity index (χ3n) is 2.43. The van der Waals surface area contributed by atoms with E-state index in [1.165, 1.54) is 0 Å². The number of methoxy groups -OCH3 is 2. The quantitative estimate of drug-likeness (QED) is 0.812. The molecule has 17 heavy (non-hydrogen) atoms. The van der Waals surface area contributed by atoms with Gasteiger partial charge in [0.05, 0.1) is 20.3 Å². The van der Waals surface area contributed by atoms with Gasteiger partial charge in [0, 0.05) is 11.8 Å². The molecule has 3 N–H and O–H groups in total. The number of hydrogen-bond donors (Lipinski definition) is 2. The van der Waals surface area contributed by atoms with E-state index in [1.54, 1.807) is 32.4 Å². The van der Waals surface area contributed by atoms with Gasteiger partial charge >= 0.3 is 0 Å². The largest absolute Gasteiger partial charge is 0.493 e. The van der Waals surface area contributed by atoms with Crippen LogP contribution in [-0.4, -0.2) is 26.2 Å². The highest BCUT2D eigenvalue weighted by Crippen LogP contribution is 2.29. The van der Waals surface area contributed by atoms with Crippen LogP contribution in [0.3, 0.4) is 0 Å². The Kier molecular flexibility index (Phi) is 4.78. The monoisotopic (exact) mass is 238 g/mol. The fourth-order valence-corrected chi connectivity index (χ4v) is 1.33. The average molecular weight is 238 g/mol. The average Bonchev–Trinajstić information content (AvgIpc) is 2.37. The fourth-order valence-electron chi connectivity index (χ4n) is 1.33. The molecule has 0 aliphatic heterocycles.